The van der Waals surface area contributed by atoms with Crippen LogP contribution in [0.2, 0.25) is 0 Å². The summed E-state index contributed by atoms with van der Waals surface area (Å²) in [5, 5.41) is 11.7. The topological polar surface area (TPSA) is 52.9 Å². The van der Waals surface area contributed by atoms with Gasteiger partial charge in [0.1, 0.15) is 0 Å². The first-order chi connectivity index (χ1) is 9.10. The van der Waals surface area contributed by atoms with E-state index in [4.69, 9.17) is 5.21 Å². The highest BCUT2D eigenvalue weighted by Crippen LogP contribution is 2.13. The number of benzene rings is 1. The number of halogens is 2. The van der Waals surface area contributed by atoms with Crippen molar-refractivity contribution in [3.8, 4) is 0 Å². The Morgan fingerprint density at radius 3 is 2.53 bits per heavy atom. The van der Waals surface area contributed by atoms with Gasteiger partial charge in [0.15, 0.2) is 11.6 Å². The number of hydrogen-bond donors (Lipinski definition) is 1. The Balaban J connectivity index is 1.96. The van der Waals surface area contributed by atoms with E-state index in [9.17, 15) is 13.6 Å². The Hall–Kier alpha value is -1.98. The molecule has 0 atom stereocenters. The fourth-order valence-electron chi connectivity index (χ4n) is 2.05. The highest BCUT2D eigenvalue weighted by Gasteiger charge is 2.20. The second-order valence-electron chi connectivity index (χ2n) is 4.47. The lowest BCUT2D eigenvalue weighted by Crippen LogP contribution is -2.39. The van der Waals surface area contributed by atoms with Gasteiger partial charge in [-0.25, -0.2) is 8.78 Å². The summed E-state index contributed by atoms with van der Waals surface area (Å²) in [4.78, 5) is 13.6. The lowest BCUT2D eigenvalue weighted by molar-refractivity contribution is -0.130. The van der Waals surface area contributed by atoms with Gasteiger partial charge >= 0.3 is 0 Å². The minimum Gasteiger partial charge on any atom is -0.411 e. The SMILES string of the molecule is O=C(Cc1ccc(F)c(F)c1)N1CCC(=NO)CC1. The van der Waals surface area contributed by atoms with Crippen LogP contribution < -0.4 is 0 Å². The fourth-order valence-corrected chi connectivity index (χ4v) is 2.05. The Labute approximate surface area is 109 Å². The average molecular weight is 268 g/mol. The average Bonchev–Trinajstić information content (AvgIpc) is 2.43. The van der Waals surface area contributed by atoms with Crippen molar-refractivity contribution in [3.63, 3.8) is 0 Å². The number of carbonyl (C=O) groups is 1. The molecular weight excluding hydrogens is 254 g/mol. The molecule has 1 aliphatic rings. The van der Waals surface area contributed by atoms with Gasteiger partial charge in [-0.3, -0.25) is 4.79 Å². The smallest absolute Gasteiger partial charge is 0.227 e. The van der Waals surface area contributed by atoms with Gasteiger partial charge in [-0.15, -0.1) is 0 Å². The number of carbonyl (C=O) groups excluding carboxylic acids is 1. The molecule has 1 heterocycles. The predicted octanol–water partition coefficient (Wildman–Crippen LogP) is 1.96. The molecule has 2 rings (SSSR count). The van der Waals surface area contributed by atoms with Crippen LogP contribution >= 0.6 is 0 Å². The molecule has 0 spiro atoms. The third kappa shape index (κ3) is 3.27. The van der Waals surface area contributed by atoms with E-state index in [1.807, 2.05) is 0 Å². The van der Waals surface area contributed by atoms with Crippen molar-refractivity contribution >= 4 is 11.6 Å². The molecule has 19 heavy (non-hydrogen) atoms. The first-order valence-corrected chi connectivity index (χ1v) is 6.01. The van der Waals surface area contributed by atoms with Crippen LogP contribution in [0.3, 0.4) is 0 Å². The van der Waals surface area contributed by atoms with Crippen LogP contribution in [-0.4, -0.2) is 34.8 Å². The zero-order chi connectivity index (χ0) is 13.8. The van der Waals surface area contributed by atoms with Crippen LogP contribution in [0.5, 0.6) is 0 Å². The van der Waals surface area contributed by atoms with E-state index in [0.717, 1.165) is 12.1 Å². The van der Waals surface area contributed by atoms with Crippen LogP contribution in [0.25, 0.3) is 0 Å². The monoisotopic (exact) mass is 268 g/mol. The summed E-state index contributed by atoms with van der Waals surface area (Å²) in [6.07, 6.45) is 1.13. The zero-order valence-corrected chi connectivity index (χ0v) is 10.3. The molecule has 1 aromatic rings. The summed E-state index contributed by atoms with van der Waals surface area (Å²) in [7, 11) is 0. The van der Waals surface area contributed by atoms with Gasteiger partial charge in [-0.2, -0.15) is 0 Å². The molecule has 0 saturated carbocycles. The molecule has 102 valence electrons. The maximum atomic E-state index is 13.0. The number of nitrogens with zero attached hydrogens (tertiary/aromatic N) is 2. The normalized spacial score (nSPS) is 15.5. The quantitative estimate of drug-likeness (QED) is 0.658. The number of rotatable bonds is 2. The summed E-state index contributed by atoms with van der Waals surface area (Å²) in [6, 6.07) is 3.46. The van der Waals surface area contributed by atoms with E-state index in [0.29, 0.717) is 37.2 Å². The predicted molar refractivity (Wildman–Crippen MR) is 65.1 cm³/mol. The Kier molecular flexibility index (Phi) is 4.09. The van der Waals surface area contributed by atoms with Crippen LogP contribution in [0, 0.1) is 11.6 Å². The van der Waals surface area contributed by atoms with E-state index in [2.05, 4.69) is 5.16 Å². The Morgan fingerprint density at radius 1 is 1.26 bits per heavy atom. The van der Waals surface area contributed by atoms with Crippen molar-refractivity contribution in [3.05, 3.63) is 35.4 Å². The van der Waals surface area contributed by atoms with E-state index < -0.39 is 11.6 Å². The molecule has 0 unspecified atom stereocenters. The number of piperidine rings is 1. The minimum absolute atomic E-state index is 0.0444. The molecule has 6 heteroatoms. The third-order valence-electron chi connectivity index (χ3n) is 3.17. The van der Waals surface area contributed by atoms with Gasteiger partial charge in [0.05, 0.1) is 12.1 Å². The van der Waals surface area contributed by atoms with E-state index in [1.54, 1.807) is 4.90 Å². The molecule has 0 bridgehead atoms. The van der Waals surface area contributed by atoms with Crippen molar-refractivity contribution in [2.45, 2.75) is 19.3 Å². The van der Waals surface area contributed by atoms with Crippen molar-refractivity contribution in [2.24, 2.45) is 5.16 Å². The van der Waals surface area contributed by atoms with Crippen LogP contribution in [0.1, 0.15) is 18.4 Å². The molecule has 1 amide bonds. The van der Waals surface area contributed by atoms with E-state index >= 15 is 0 Å². The maximum Gasteiger partial charge on any atom is 0.227 e. The van der Waals surface area contributed by atoms with Crippen LogP contribution in [0.15, 0.2) is 23.4 Å². The van der Waals surface area contributed by atoms with Crippen LogP contribution in [-0.2, 0) is 11.2 Å². The molecule has 4 nitrogen and oxygen atoms in total. The van der Waals surface area contributed by atoms with Gasteiger partial charge in [-0.1, -0.05) is 11.2 Å². The second-order valence-corrected chi connectivity index (χ2v) is 4.47. The standard InChI is InChI=1S/C13H14F2N2O2/c14-11-2-1-9(7-12(11)15)8-13(18)17-5-3-10(16-19)4-6-17/h1-2,7,19H,3-6,8H2. The first-order valence-electron chi connectivity index (χ1n) is 6.01. The number of oxime groups is 1. The Morgan fingerprint density at radius 2 is 1.95 bits per heavy atom. The molecular formula is C13H14F2N2O2. The molecule has 1 aromatic carbocycles. The van der Waals surface area contributed by atoms with Crippen LogP contribution in [0.4, 0.5) is 8.78 Å². The summed E-state index contributed by atoms with van der Waals surface area (Å²) >= 11 is 0. The molecule has 1 N–H and O–H groups in total. The number of amides is 1. The molecule has 0 aliphatic carbocycles. The van der Waals surface area contributed by atoms with E-state index in [-0.39, 0.29) is 12.3 Å². The Bertz CT molecular complexity index is 507. The number of hydrogen-bond acceptors (Lipinski definition) is 3. The minimum atomic E-state index is -0.946. The third-order valence-corrected chi connectivity index (χ3v) is 3.17. The largest absolute Gasteiger partial charge is 0.411 e. The first kappa shape index (κ1) is 13.5. The molecule has 0 aromatic heterocycles. The summed E-state index contributed by atoms with van der Waals surface area (Å²) < 4.78 is 25.8. The maximum absolute atomic E-state index is 13.0. The molecule has 1 aliphatic heterocycles. The summed E-state index contributed by atoms with van der Waals surface area (Å²) in [5.74, 6) is -2.00. The van der Waals surface area contributed by atoms with Gasteiger partial charge < -0.3 is 10.1 Å². The van der Waals surface area contributed by atoms with Crippen molar-refractivity contribution in [2.75, 3.05) is 13.1 Å². The molecule has 1 saturated heterocycles. The van der Waals surface area contributed by atoms with Crippen molar-refractivity contribution < 1.29 is 18.8 Å². The molecule has 0 radical (unpaired) electrons. The van der Waals surface area contributed by atoms with Gasteiger partial charge in [0, 0.05) is 25.9 Å². The second kappa shape index (κ2) is 5.77. The fraction of sp³-hybridized carbons (Fsp3) is 0.385. The van der Waals surface area contributed by atoms with Gasteiger partial charge in [0.25, 0.3) is 0 Å². The highest BCUT2D eigenvalue weighted by atomic mass is 19.2. The van der Waals surface area contributed by atoms with Crippen molar-refractivity contribution in [1.29, 1.82) is 0 Å². The zero-order valence-electron chi connectivity index (χ0n) is 10.3. The molecule has 1 fully saturated rings. The summed E-state index contributed by atoms with van der Waals surface area (Å²) in [6.45, 7) is 0.976. The van der Waals surface area contributed by atoms with Gasteiger partial charge in [-0.05, 0) is 17.7 Å². The summed E-state index contributed by atoms with van der Waals surface area (Å²) in [5.41, 5.74) is 1.13. The van der Waals surface area contributed by atoms with Crippen molar-refractivity contribution in [1.82, 2.24) is 4.90 Å². The lowest BCUT2D eigenvalue weighted by Gasteiger charge is -2.27. The lowest BCUT2D eigenvalue weighted by atomic mass is 10.1. The highest BCUT2D eigenvalue weighted by molar-refractivity contribution is 5.87. The van der Waals surface area contributed by atoms with Gasteiger partial charge in [0.2, 0.25) is 5.91 Å². The number of likely N-dealkylation sites (tertiary alicyclic amines) is 1. The van der Waals surface area contributed by atoms with E-state index in [1.165, 1.54) is 6.07 Å².